The van der Waals surface area contributed by atoms with E-state index in [1.807, 2.05) is 32.0 Å². The molecule has 2 N–H and O–H groups in total. The highest BCUT2D eigenvalue weighted by atomic mass is 19.1. The minimum atomic E-state index is -0.475. The zero-order chi connectivity index (χ0) is 18.4. The number of anilines is 1. The highest BCUT2D eigenvalue weighted by Gasteiger charge is 2.23. The van der Waals surface area contributed by atoms with Gasteiger partial charge in [-0.15, -0.1) is 0 Å². The van der Waals surface area contributed by atoms with Crippen LogP contribution < -0.4 is 20.1 Å². The van der Waals surface area contributed by atoms with Gasteiger partial charge in [0.25, 0.3) is 0 Å². The summed E-state index contributed by atoms with van der Waals surface area (Å²) >= 11 is 0. The standard InChI is InChI=1S/C19H23FN2O3/c1-19(2,13-9-10-16(24-3)17(11-13)25-4)12-21-18(23)22-15-8-6-5-7-14(15)20/h5-11H,12H2,1-4H3,(H2,21,22,23). The van der Waals surface area contributed by atoms with Crippen molar-refractivity contribution in [2.75, 3.05) is 26.1 Å². The molecule has 0 heterocycles. The normalized spacial score (nSPS) is 10.9. The van der Waals surface area contributed by atoms with Gasteiger partial charge in [0.2, 0.25) is 0 Å². The molecular formula is C19H23FN2O3. The molecule has 0 aliphatic heterocycles. The Labute approximate surface area is 147 Å². The quantitative estimate of drug-likeness (QED) is 0.833. The minimum Gasteiger partial charge on any atom is -0.493 e. The number of nitrogens with one attached hydrogen (secondary N) is 2. The molecule has 2 aromatic carbocycles. The van der Waals surface area contributed by atoms with Crippen LogP contribution in [0.5, 0.6) is 11.5 Å². The van der Waals surface area contributed by atoms with E-state index in [9.17, 15) is 9.18 Å². The summed E-state index contributed by atoms with van der Waals surface area (Å²) in [6.45, 7) is 4.36. The van der Waals surface area contributed by atoms with Crippen LogP contribution in [0.2, 0.25) is 0 Å². The number of benzene rings is 2. The van der Waals surface area contributed by atoms with E-state index < -0.39 is 11.8 Å². The molecule has 0 aliphatic carbocycles. The van der Waals surface area contributed by atoms with Crippen LogP contribution in [0.1, 0.15) is 19.4 Å². The molecule has 0 unspecified atom stereocenters. The number of rotatable bonds is 6. The first kappa shape index (κ1) is 18.6. The zero-order valence-electron chi connectivity index (χ0n) is 14.9. The van der Waals surface area contributed by atoms with Crippen LogP contribution in [0.4, 0.5) is 14.9 Å². The third-order valence-corrected chi connectivity index (χ3v) is 3.98. The van der Waals surface area contributed by atoms with E-state index in [0.29, 0.717) is 18.0 Å². The van der Waals surface area contributed by atoms with E-state index in [2.05, 4.69) is 10.6 Å². The highest BCUT2D eigenvalue weighted by molar-refractivity contribution is 5.89. The Morgan fingerprint density at radius 1 is 1.08 bits per heavy atom. The van der Waals surface area contributed by atoms with Crippen LogP contribution >= 0.6 is 0 Å². The Hall–Kier alpha value is -2.76. The fraction of sp³-hybridized carbons (Fsp3) is 0.316. The largest absolute Gasteiger partial charge is 0.493 e. The van der Waals surface area contributed by atoms with E-state index in [-0.39, 0.29) is 11.1 Å². The first-order valence-corrected chi connectivity index (χ1v) is 7.89. The van der Waals surface area contributed by atoms with Gasteiger partial charge in [-0.25, -0.2) is 9.18 Å². The monoisotopic (exact) mass is 346 g/mol. The fourth-order valence-corrected chi connectivity index (χ4v) is 2.39. The fourth-order valence-electron chi connectivity index (χ4n) is 2.39. The van der Waals surface area contributed by atoms with Crippen LogP contribution in [0.3, 0.4) is 0 Å². The number of urea groups is 1. The SMILES string of the molecule is COc1ccc(C(C)(C)CNC(=O)Nc2ccccc2F)cc1OC. The first-order chi connectivity index (χ1) is 11.9. The number of ether oxygens (including phenoxy) is 2. The summed E-state index contributed by atoms with van der Waals surface area (Å²) in [5, 5.41) is 5.28. The maximum atomic E-state index is 13.6. The zero-order valence-corrected chi connectivity index (χ0v) is 14.9. The van der Waals surface area contributed by atoms with Crippen molar-refractivity contribution in [3.8, 4) is 11.5 Å². The molecule has 0 radical (unpaired) electrons. The van der Waals surface area contributed by atoms with Crippen molar-refractivity contribution in [2.24, 2.45) is 0 Å². The number of para-hydroxylation sites is 1. The van der Waals surface area contributed by atoms with Gasteiger partial charge in [-0.05, 0) is 29.8 Å². The van der Waals surface area contributed by atoms with E-state index >= 15 is 0 Å². The van der Waals surface area contributed by atoms with Crippen LogP contribution in [-0.2, 0) is 5.41 Å². The molecule has 0 bridgehead atoms. The predicted octanol–water partition coefficient (Wildman–Crippen LogP) is 3.94. The van der Waals surface area contributed by atoms with Gasteiger partial charge in [0.15, 0.2) is 11.5 Å². The first-order valence-electron chi connectivity index (χ1n) is 7.89. The number of hydrogen-bond donors (Lipinski definition) is 2. The molecule has 0 saturated carbocycles. The van der Waals surface area contributed by atoms with Crippen molar-refractivity contribution in [2.45, 2.75) is 19.3 Å². The van der Waals surface area contributed by atoms with Gasteiger partial charge in [0, 0.05) is 12.0 Å². The molecule has 0 aromatic heterocycles. The number of amides is 2. The van der Waals surface area contributed by atoms with E-state index in [4.69, 9.17) is 9.47 Å². The molecule has 134 valence electrons. The van der Waals surface area contributed by atoms with Gasteiger partial charge in [0.1, 0.15) is 5.82 Å². The number of hydrogen-bond acceptors (Lipinski definition) is 3. The van der Waals surface area contributed by atoms with E-state index in [0.717, 1.165) is 5.56 Å². The number of carbonyl (C=O) groups is 1. The highest BCUT2D eigenvalue weighted by Crippen LogP contribution is 2.32. The van der Waals surface area contributed by atoms with Crippen LogP contribution in [0.25, 0.3) is 0 Å². The van der Waals surface area contributed by atoms with E-state index in [1.54, 1.807) is 26.4 Å². The molecular weight excluding hydrogens is 323 g/mol. The van der Waals surface area contributed by atoms with Gasteiger partial charge in [-0.3, -0.25) is 0 Å². The second-order valence-electron chi connectivity index (χ2n) is 6.24. The number of carbonyl (C=O) groups excluding carboxylic acids is 1. The predicted molar refractivity (Wildman–Crippen MR) is 96.0 cm³/mol. The van der Waals surface area contributed by atoms with Crippen molar-refractivity contribution in [1.29, 1.82) is 0 Å². The summed E-state index contributed by atoms with van der Waals surface area (Å²) in [6, 6.07) is 11.2. The summed E-state index contributed by atoms with van der Waals surface area (Å²) < 4.78 is 24.1. The summed E-state index contributed by atoms with van der Waals surface area (Å²) in [5.74, 6) is 0.799. The van der Waals surface area contributed by atoms with Crippen molar-refractivity contribution in [1.82, 2.24) is 5.32 Å². The van der Waals surface area contributed by atoms with Crippen LogP contribution in [0.15, 0.2) is 42.5 Å². The molecule has 0 saturated heterocycles. The molecule has 2 rings (SSSR count). The van der Waals surface area contributed by atoms with Crippen LogP contribution in [0, 0.1) is 5.82 Å². The Morgan fingerprint density at radius 3 is 2.40 bits per heavy atom. The third kappa shape index (κ3) is 4.62. The smallest absolute Gasteiger partial charge is 0.319 e. The average Bonchev–Trinajstić information content (AvgIpc) is 2.61. The van der Waals surface area contributed by atoms with Crippen molar-refractivity contribution >= 4 is 11.7 Å². The second kappa shape index (κ2) is 7.88. The molecule has 0 atom stereocenters. The van der Waals surface area contributed by atoms with Gasteiger partial charge in [-0.2, -0.15) is 0 Å². The van der Waals surface area contributed by atoms with Crippen molar-refractivity contribution < 1.29 is 18.7 Å². The van der Waals surface area contributed by atoms with Gasteiger partial charge < -0.3 is 20.1 Å². The molecule has 5 nitrogen and oxygen atoms in total. The maximum Gasteiger partial charge on any atom is 0.319 e. The number of methoxy groups -OCH3 is 2. The molecule has 0 fully saturated rings. The molecule has 25 heavy (non-hydrogen) atoms. The summed E-state index contributed by atoms with van der Waals surface area (Å²) in [6.07, 6.45) is 0. The second-order valence-corrected chi connectivity index (χ2v) is 6.24. The van der Waals surface area contributed by atoms with Gasteiger partial charge in [-0.1, -0.05) is 32.0 Å². The Bertz CT molecular complexity index is 747. The van der Waals surface area contributed by atoms with Crippen molar-refractivity contribution in [3.05, 3.63) is 53.8 Å². The number of halogens is 1. The summed E-state index contributed by atoms with van der Waals surface area (Å²) in [4.78, 5) is 12.0. The lowest BCUT2D eigenvalue weighted by molar-refractivity contribution is 0.249. The maximum absolute atomic E-state index is 13.6. The molecule has 0 aliphatic rings. The van der Waals surface area contributed by atoms with Crippen molar-refractivity contribution in [3.63, 3.8) is 0 Å². The van der Waals surface area contributed by atoms with Gasteiger partial charge >= 0.3 is 6.03 Å². The summed E-state index contributed by atoms with van der Waals surface area (Å²) in [5.41, 5.74) is 0.770. The summed E-state index contributed by atoms with van der Waals surface area (Å²) in [7, 11) is 3.16. The lowest BCUT2D eigenvalue weighted by atomic mass is 9.84. The Morgan fingerprint density at radius 2 is 1.76 bits per heavy atom. The average molecular weight is 346 g/mol. The van der Waals surface area contributed by atoms with Gasteiger partial charge in [0.05, 0.1) is 19.9 Å². The lowest BCUT2D eigenvalue weighted by Crippen LogP contribution is -2.39. The third-order valence-electron chi connectivity index (χ3n) is 3.98. The Balaban J connectivity index is 2.03. The topological polar surface area (TPSA) is 59.6 Å². The minimum absolute atomic E-state index is 0.143. The lowest BCUT2D eigenvalue weighted by Gasteiger charge is -2.26. The molecule has 0 spiro atoms. The Kier molecular flexibility index (Phi) is 5.85. The molecule has 2 amide bonds. The van der Waals surface area contributed by atoms with E-state index in [1.165, 1.54) is 12.1 Å². The van der Waals surface area contributed by atoms with Crippen LogP contribution in [-0.4, -0.2) is 26.8 Å². The molecule has 2 aromatic rings. The molecule has 6 heteroatoms.